The predicted octanol–water partition coefficient (Wildman–Crippen LogP) is 2.35. The maximum atomic E-state index is 11.9. The molecule has 0 aliphatic carbocycles. The molecule has 0 aromatic heterocycles. The van der Waals surface area contributed by atoms with Crippen molar-refractivity contribution in [3.63, 3.8) is 0 Å². The minimum absolute atomic E-state index is 0.0776. The van der Waals surface area contributed by atoms with Gasteiger partial charge in [-0.05, 0) is 24.6 Å². The molecule has 20 heavy (non-hydrogen) atoms. The highest BCUT2D eigenvalue weighted by molar-refractivity contribution is 5.97. The van der Waals surface area contributed by atoms with Crippen LogP contribution in [0.15, 0.2) is 24.3 Å². The topological polar surface area (TPSA) is 84.2 Å². The van der Waals surface area contributed by atoms with Crippen molar-refractivity contribution in [2.75, 3.05) is 10.6 Å². The Labute approximate surface area is 119 Å². The van der Waals surface area contributed by atoms with Crippen molar-refractivity contribution in [3.05, 3.63) is 24.3 Å². The minimum atomic E-state index is -0.525. The number of hydrogen-bond acceptors (Lipinski definition) is 3. The molecule has 1 aromatic carbocycles. The average Bonchev–Trinajstić information content (AvgIpc) is 2.37. The van der Waals surface area contributed by atoms with E-state index in [4.69, 9.17) is 5.73 Å². The average molecular weight is 277 g/mol. The van der Waals surface area contributed by atoms with E-state index in [2.05, 4.69) is 10.6 Å². The van der Waals surface area contributed by atoms with E-state index < -0.39 is 11.5 Å². The molecule has 0 fully saturated rings. The first-order chi connectivity index (χ1) is 9.24. The van der Waals surface area contributed by atoms with Gasteiger partial charge in [0.1, 0.15) is 0 Å². The van der Waals surface area contributed by atoms with E-state index in [1.807, 2.05) is 27.7 Å². The molecule has 0 unspecified atom stereocenters. The Morgan fingerprint density at radius 3 is 2.25 bits per heavy atom. The number of nitrogens with two attached hydrogens (primary N) is 1. The van der Waals surface area contributed by atoms with Crippen molar-refractivity contribution in [1.29, 1.82) is 0 Å². The molecule has 1 rings (SSSR count). The number of amides is 2. The first-order valence-electron chi connectivity index (χ1n) is 6.72. The first-order valence-corrected chi connectivity index (χ1v) is 6.72. The Bertz CT molecular complexity index is 492. The normalized spacial score (nSPS) is 12.7. The van der Waals surface area contributed by atoms with Gasteiger partial charge in [0.15, 0.2) is 0 Å². The quantitative estimate of drug-likeness (QED) is 0.789. The molecule has 5 heteroatoms. The Balaban J connectivity index is 2.76. The van der Waals surface area contributed by atoms with Crippen LogP contribution in [0.4, 0.5) is 11.4 Å². The van der Waals surface area contributed by atoms with Gasteiger partial charge in [0, 0.05) is 16.8 Å². The maximum Gasteiger partial charge on any atom is 0.241 e. The third-order valence-electron chi connectivity index (χ3n) is 2.85. The molecule has 5 nitrogen and oxygen atoms in total. The van der Waals surface area contributed by atoms with Crippen LogP contribution in [0.2, 0.25) is 0 Å². The molecule has 0 heterocycles. The number of anilines is 2. The van der Waals surface area contributed by atoms with E-state index in [9.17, 15) is 9.59 Å². The van der Waals surface area contributed by atoms with E-state index in [0.717, 1.165) is 0 Å². The highest BCUT2D eigenvalue weighted by Gasteiger charge is 2.21. The lowest BCUT2D eigenvalue weighted by Crippen LogP contribution is -2.34. The van der Waals surface area contributed by atoms with Gasteiger partial charge in [0.05, 0.1) is 6.04 Å². The van der Waals surface area contributed by atoms with E-state index in [1.54, 1.807) is 24.3 Å². The monoisotopic (exact) mass is 277 g/mol. The number of nitrogens with one attached hydrogen (secondary N) is 2. The Morgan fingerprint density at radius 2 is 1.75 bits per heavy atom. The molecule has 0 aliphatic rings. The molecule has 0 spiro atoms. The van der Waals surface area contributed by atoms with Gasteiger partial charge in [-0.1, -0.05) is 33.8 Å². The van der Waals surface area contributed by atoms with Gasteiger partial charge in [-0.2, -0.15) is 0 Å². The third kappa shape index (κ3) is 4.66. The van der Waals surface area contributed by atoms with Crippen LogP contribution in [0.3, 0.4) is 0 Å². The highest BCUT2D eigenvalue weighted by atomic mass is 16.2. The van der Waals surface area contributed by atoms with Crippen LogP contribution in [-0.4, -0.2) is 17.9 Å². The predicted molar refractivity (Wildman–Crippen MR) is 81.4 cm³/mol. The fraction of sp³-hybridized carbons (Fsp3) is 0.467. The van der Waals surface area contributed by atoms with E-state index in [-0.39, 0.29) is 11.8 Å². The van der Waals surface area contributed by atoms with Crippen molar-refractivity contribution < 1.29 is 9.59 Å². The van der Waals surface area contributed by atoms with Crippen LogP contribution >= 0.6 is 0 Å². The van der Waals surface area contributed by atoms with Crippen molar-refractivity contribution in [2.24, 2.45) is 11.1 Å². The minimum Gasteiger partial charge on any atom is -0.326 e. The second-order valence-electron chi connectivity index (χ2n) is 5.79. The number of hydrogen-bond donors (Lipinski definition) is 3. The summed E-state index contributed by atoms with van der Waals surface area (Å²) in [4.78, 5) is 23.6. The van der Waals surface area contributed by atoms with Gasteiger partial charge < -0.3 is 16.4 Å². The summed E-state index contributed by atoms with van der Waals surface area (Å²) in [5.41, 5.74) is 6.45. The Morgan fingerprint density at radius 1 is 1.20 bits per heavy atom. The molecule has 0 saturated heterocycles. The van der Waals surface area contributed by atoms with Crippen LogP contribution in [-0.2, 0) is 9.59 Å². The van der Waals surface area contributed by atoms with Crippen molar-refractivity contribution >= 4 is 23.2 Å². The summed E-state index contributed by atoms with van der Waals surface area (Å²) in [6, 6.07) is 6.49. The van der Waals surface area contributed by atoms with Crippen LogP contribution in [0, 0.1) is 5.41 Å². The zero-order valence-electron chi connectivity index (χ0n) is 12.5. The number of benzene rings is 1. The second kappa shape index (κ2) is 6.52. The summed E-state index contributed by atoms with van der Waals surface area (Å²) in [5.74, 6) is -0.307. The van der Waals surface area contributed by atoms with Gasteiger partial charge in [-0.3, -0.25) is 9.59 Å². The summed E-state index contributed by atoms with van der Waals surface area (Å²) in [6.45, 7) is 7.38. The molecule has 110 valence electrons. The highest BCUT2D eigenvalue weighted by Crippen LogP contribution is 2.20. The van der Waals surface area contributed by atoms with Crippen molar-refractivity contribution in [1.82, 2.24) is 0 Å². The van der Waals surface area contributed by atoms with E-state index in [0.29, 0.717) is 17.8 Å². The summed E-state index contributed by atoms with van der Waals surface area (Å²) >= 11 is 0. The third-order valence-corrected chi connectivity index (χ3v) is 2.85. The van der Waals surface area contributed by atoms with Gasteiger partial charge in [0.25, 0.3) is 0 Å². The number of carbonyl (C=O) groups excluding carboxylic acids is 2. The molecule has 1 atom stereocenters. The summed E-state index contributed by atoms with van der Waals surface area (Å²) in [5, 5.41) is 5.55. The number of rotatable bonds is 4. The lowest BCUT2D eigenvalue weighted by atomic mass is 9.95. The molecular weight excluding hydrogens is 254 g/mol. The molecular formula is C15H23N3O2. The zero-order valence-corrected chi connectivity index (χ0v) is 12.5. The second-order valence-corrected chi connectivity index (χ2v) is 5.79. The first kappa shape index (κ1) is 16.2. The van der Waals surface area contributed by atoms with Crippen LogP contribution in [0.1, 0.15) is 34.1 Å². The molecule has 1 aromatic rings. The lowest BCUT2D eigenvalue weighted by molar-refractivity contribution is -0.123. The molecule has 0 radical (unpaired) electrons. The molecule has 2 amide bonds. The standard InChI is InChI=1S/C15H23N3O2/c1-5-12(16)13(19)17-10-7-6-8-11(9-10)18-14(20)15(2,3)4/h6-9,12H,5,16H2,1-4H3,(H,17,19)(H,18,20)/t12-/m1/s1. The molecule has 0 saturated carbocycles. The lowest BCUT2D eigenvalue weighted by Gasteiger charge is -2.18. The summed E-state index contributed by atoms with van der Waals surface area (Å²) < 4.78 is 0. The smallest absolute Gasteiger partial charge is 0.241 e. The van der Waals surface area contributed by atoms with Gasteiger partial charge in [0.2, 0.25) is 11.8 Å². The van der Waals surface area contributed by atoms with Crippen LogP contribution in [0.5, 0.6) is 0 Å². The van der Waals surface area contributed by atoms with E-state index in [1.165, 1.54) is 0 Å². The maximum absolute atomic E-state index is 11.9. The van der Waals surface area contributed by atoms with Gasteiger partial charge in [-0.25, -0.2) is 0 Å². The zero-order chi connectivity index (χ0) is 15.3. The van der Waals surface area contributed by atoms with Crippen molar-refractivity contribution in [3.8, 4) is 0 Å². The van der Waals surface area contributed by atoms with E-state index >= 15 is 0 Å². The number of carbonyl (C=O) groups is 2. The Hall–Kier alpha value is -1.88. The van der Waals surface area contributed by atoms with Gasteiger partial charge in [-0.15, -0.1) is 0 Å². The largest absolute Gasteiger partial charge is 0.326 e. The Kier molecular flexibility index (Phi) is 5.27. The molecule has 0 aliphatic heterocycles. The molecule has 0 bridgehead atoms. The summed E-state index contributed by atoms with van der Waals surface area (Å²) in [7, 11) is 0. The fourth-order valence-electron chi connectivity index (χ4n) is 1.41. The van der Waals surface area contributed by atoms with Crippen LogP contribution < -0.4 is 16.4 Å². The van der Waals surface area contributed by atoms with Crippen LogP contribution in [0.25, 0.3) is 0 Å². The SMILES string of the molecule is CC[C@@H](N)C(=O)Nc1cccc(NC(=O)C(C)(C)C)c1. The molecule has 4 N–H and O–H groups in total. The summed E-state index contributed by atoms with van der Waals surface area (Å²) in [6.07, 6.45) is 0.576. The van der Waals surface area contributed by atoms with Gasteiger partial charge >= 0.3 is 0 Å². The fourth-order valence-corrected chi connectivity index (χ4v) is 1.41. The van der Waals surface area contributed by atoms with Crippen molar-refractivity contribution in [2.45, 2.75) is 40.2 Å².